The van der Waals surface area contributed by atoms with Gasteiger partial charge < -0.3 is 15.5 Å². The number of amides is 1. The number of carbonyl (C=O) groups is 2. The summed E-state index contributed by atoms with van der Waals surface area (Å²) in [5.41, 5.74) is 0.463. The van der Waals surface area contributed by atoms with Gasteiger partial charge in [-0.05, 0) is 24.1 Å². The highest BCUT2D eigenvalue weighted by molar-refractivity contribution is 6.32. The summed E-state index contributed by atoms with van der Waals surface area (Å²) in [7, 11) is 0. The van der Waals surface area contributed by atoms with Crippen LogP contribution in [0.2, 0.25) is 5.02 Å². The fourth-order valence-electron chi connectivity index (χ4n) is 1.48. The number of phenolic OH excluding ortho intramolecular Hbond substituents is 1. The maximum absolute atomic E-state index is 11.6. The summed E-state index contributed by atoms with van der Waals surface area (Å²) in [5, 5.41) is 20.5. The van der Waals surface area contributed by atoms with E-state index in [1.165, 1.54) is 18.2 Å². The summed E-state index contributed by atoms with van der Waals surface area (Å²) < 4.78 is 0. The van der Waals surface area contributed by atoms with Gasteiger partial charge in [-0.25, -0.2) is 0 Å². The van der Waals surface area contributed by atoms with E-state index in [9.17, 15) is 14.7 Å². The predicted molar refractivity (Wildman–Crippen MR) is 67.8 cm³/mol. The number of aliphatic carboxylic acids is 1. The fourth-order valence-corrected chi connectivity index (χ4v) is 1.66. The molecule has 1 aromatic carbocycles. The van der Waals surface area contributed by atoms with E-state index in [4.69, 9.17) is 16.7 Å². The largest absolute Gasteiger partial charge is 0.506 e. The lowest BCUT2D eigenvalue weighted by atomic mass is 10.0. The summed E-state index contributed by atoms with van der Waals surface area (Å²) in [5.74, 6) is -1.52. The molecular formula is C12H14ClNO4. The van der Waals surface area contributed by atoms with Crippen LogP contribution in [-0.4, -0.2) is 22.1 Å². The molecule has 0 saturated carbocycles. The van der Waals surface area contributed by atoms with Crippen LogP contribution >= 0.6 is 11.6 Å². The van der Waals surface area contributed by atoms with Crippen molar-refractivity contribution in [2.45, 2.75) is 19.8 Å². The molecule has 1 aromatic rings. The minimum atomic E-state index is -0.928. The van der Waals surface area contributed by atoms with Crippen LogP contribution in [0.15, 0.2) is 18.2 Å². The van der Waals surface area contributed by atoms with E-state index in [0.717, 1.165) is 0 Å². The number of hydrogen-bond acceptors (Lipinski definition) is 3. The third-order valence-corrected chi connectivity index (χ3v) is 2.59. The molecule has 0 bridgehead atoms. The topological polar surface area (TPSA) is 86.6 Å². The molecule has 1 atom stereocenters. The second-order valence-corrected chi connectivity index (χ2v) is 4.53. The lowest BCUT2D eigenvalue weighted by molar-refractivity contribution is -0.138. The molecule has 98 valence electrons. The van der Waals surface area contributed by atoms with Crippen molar-refractivity contribution < 1.29 is 19.8 Å². The predicted octanol–water partition coefficient (Wildman–Crippen LogP) is 2.49. The van der Waals surface area contributed by atoms with Gasteiger partial charge in [-0.15, -0.1) is 0 Å². The number of carboxylic acids is 1. The molecule has 0 fully saturated rings. The van der Waals surface area contributed by atoms with E-state index in [-0.39, 0.29) is 35.4 Å². The van der Waals surface area contributed by atoms with Crippen molar-refractivity contribution >= 4 is 29.2 Å². The van der Waals surface area contributed by atoms with Gasteiger partial charge in [0, 0.05) is 18.5 Å². The zero-order chi connectivity index (χ0) is 13.7. The molecule has 0 aliphatic rings. The zero-order valence-corrected chi connectivity index (χ0v) is 10.6. The highest BCUT2D eigenvalue weighted by atomic mass is 35.5. The van der Waals surface area contributed by atoms with Gasteiger partial charge in [-0.1, -0.05) is 18.5 Å². The smallest absolute Gasteiger partial charge is 0.303 e. The lowest BCUT2D eigenvalue weighted by Gasteiger charge is -2.09. The Kier molecular flexibility index (Phi) is 4.97. The third kappa shape index (κ3) is 4.63. The maximum Gasteiger partial charge on any atom is 0.303 e. The van der Waals surface area contributed by atoms with Crippen molar-refractivity contribution in [1.29, 1.82) is 0 Å². The van der Waals surface area contributed by atoms with Gasteiger partial charge in [0.15, 0.2) is 0 Å². The molecule has 0 saturated heterocycles. The van der Waals surface area contributed by atoms with Gasteiger partial charge in [0.2, 0.25) is 5.91 Å². The molecule has 0 heterocycles. The minimum Gasteiger partial charge on any atom is -0.506 e. The first-order valence-electron chi connectivity index (χ1n) is 5.38. The van der Waals surface area contributed by atoms with Crippen LogP contribution < -0.4 is 5.32 Å². The van der Waals surface area contributed by atoms with E-state index >= 15 is 0 Å². The van der Waals surface area contributed by atoms with Crippen molar-refractivity contribution in [2.24, 2.45) is 5.92 Å². The number of carbonyl (C=O) groups excluding carboxylic acids is 1. The molecule has 1 rings (SSSR count). The average Bonchev–Trinajstić information content (AvgIpc) is 2.21. The van der Waals surface area contributed by atoms with Gasteiger partial charge in [-0.3, -0.25) is 9.59 Å². The molecule has 3 N–H and O–H groups in total. The number of hydrogen-bond donors (Lipinski definition) is 3. The standard InChI is InChI=1S/C12H14ClNO4/c1-7(5-12(17)18)4-11(16)14-8-2-3-10(15)9(13)6-8/h2-3,6-7,15H,4-5H2,1H3,(H,14,16)(H,17,18). The summed E-state index contributed by atoms with van der Waals surface area (Å²) >= 11 is 5.69. The summed E-state index contributed by atoms with van der Waals surface area (Å²) in [6.07, 6.45) is 0.0640. The van der Waals surface area contributed by atoms with Gasteiger partial charge in [0.1, 0.15) is 5.75 Å². The first-order valence-corrected chi connectivity index (χ1v) is 5.76. The van der Waals surface area contributed by atoms with E-state index in [2.05, 4.69) is 5.32 Å². The van der Waals surface area contributed by atoms with Crippen LogP contribution in [0.5, 0.6) is 5.75 Å². The van der Waals surface area contributed by atoms with Gasteiger partial charge in [0.05, 0.1) is 5.02 Å². The van der Waals surface area contributed by atoms with E-state index in [1.54, 1.807) is 6.92 Å². The molecule has 5 nitrogen and oxygen atoms in total. The fraction of sp³-hybridized carbons (Fsp3) is 0.333. The molecular weight excluding hydrogens is 258 g/mol. The number of nitrogens with one attached hydrogen (secondary N) is 1. The third-order valence-electron chi connectivity index (χ3n) is 2.29. The Hall–Kier alpha value is -1.75. The molecule has 18 heavy (non-hydrogen) atoms. The summed E-state index contributed by atoms with van der Waals surface area (Å²) in [4.78, 5) is 22.0. The number of phenols is 1. The quantitative estimate of drug-likeness (QED) is 0.718. The monoisotopic (exact) mass is 271 g/mol. The van der Waals surface area contributed by atoms with Crippen molar-refractivity contribution in [3.8, 4) is 5.75 Å². The zero-order valence-electron chi connectivity index (χ0n) is 9.81. The van der Waals surface area contributed by atoms with E-state index in [0.29, 0.717) is 5.69 Å². The molecule has 6 heteroatoms. The number of halogens is 1. The molecule has 1 amide bonds. The van der Waals surface area contributed by atoms with Crippen molar-refractivity contribution in [2.75, 3.05) is 5.32 Å². The van der Waals surface area contributed by atoms with E-state index in [1.807, 2.05) is 0 Å². The Bertz CT molecular complexity index is 461. The highest BCUT2D eigenvalue weighted by Gasteiger charge is 2.13. The van der Waals surface area contributed by atoms with Gasteiger partial charge in [-0.2, -0.15) is 0 Å². The Morgan fingerprint density at radius 1 is 1.39 bits per heavy atom. The minimum absolute atomic E-state index is 0.0518. The van der Waals surface area contributed by atoms with Crippen LogP contribution in [0.4, 0.5) is 5.69 Å². The first kappa shape index (κ1) is 14.3. The second kappa shape index (κ2) is 6.26. The summed E-state index contributed by atoms with van der Waals surface area (Å²) in [6, 6.07) is 4.32. The average molecular weight is 272 g/mol. The molecule has 0 aliphatic heterocycles. The lowest BCUT2D eigenvalue weighted by Crippen LogP contribution is -2.16. The van der Waals surface area contributed by atoms with Gasteiger partial charge in [0.25, 0.3) is 0 Å². The number of carboxylic acid groups (broad SMARTS) is 1. The van der Waals surface area contributed by atoms with Crippen molar-refractivity contribution in [3.63, 3.8) is 0 Å². The molecule has 0 radical (unpaired) electrons. The normalized spacial score (nSPS) is 11.9. The maximum atomic E-state index is 11.6. The van der Waals surface area contributed by atoms with Crippen LogP contribution in [0.1, 0.15) is 19.8 Å². The number of anilines is 1. The van der Waals surface area contributed by atoms with Crippen LogP contribution in [-0.2, 0) is 9.59 Å². The number of aromatic hydroxyl groups is 1. The molecule has 1 unspecified atom stereocenters. The number of rotatable bonds is 5. The SMILES string of the molecule is CC(CC(=O)O)CC(=O)Nc1ccc(O)c(Cl)c1. The van der Waals surface area contributed by atoms with Crippen LogP contribution in [0.25, 0.3) is 0 Å². The summed E-state index contributed by atoms with van der Waals surface area (Å²) in [6.45, 7) is 1.69. The molecule has 0 aromatic heterocycles. The Morgan fingerprint density at radius 2 is 2.06 bits per heavy atom. The van der Waals surface area contributed by atoms with E-state index < -0.39 is 5.97 Å². The first-order chi connectivity index (χ1) is 8.38. The molecule has 0 aliphatic carbocycles. The van der Waals surface area contributed by atoms with Crippen LogP contribution in [0, 0.1) is 5.92 Å². The molecule has 0 spiro atoms. The number of benzene rings is 1. The van der Waals surface area contributed by atoms with Crippen molar-refractivity contribution in [3.05, 3.63) is 23.2 Å². The Morgan fingerprint density at radius 3 is 2.61 bits per heavy atom. The Labute approximate surface area is 109 Å². The van der Waals surface area contributed by atoms with Crippen molar-refractivity contribution in [1.82, 2.24) is 0 Å². The van der Waals surface area contributed by atoms with Crippen LogP contribution in [0.3, 0.4) is 0 Å². The Balaban J connectivity index is 2.54. The second-order valence-electron chi connectivity index (χ2n) is 4.12. The highest BCUT2D eigenvalue weighted by Crippen LogP contribution is 2.26. The van der Waals surface area contributed by atoms with Gasteiger partial charge >= 0.3 is 5.97 Å².